The molecule has 0 spiro atoms. The molecule has 1 heterocycles. The predicted octanol–water partition coefficient (Wildman–Crippen LogP) is 2.44. The van der Waals surface area contributed by atoms with Crippen molar-refractivity contribution in [3.63, 3.8) is 0 Å². The minimum Gasteiger partial charge on any atom is -0.464 e. The Balaban J connectivity index is 3.44. The van der Waals surface area contributed by atoms with Crippen molar-refractivity contribution in [2.24, 2.45) is 0 Å². The lowest BCUT2D eigenvalue weighted by molar-refractivity contribution is 0.0581. The summed E-state index contributed by atoms with van der Waals surface area (Å²) in [5.41, 5.74) is -1.26. The van der Waals surface area contributed by atoms with Crippen molar-refractivity contribution in [1.82, 2.24) is 4.98 Å². The van der Waals surface area contributed by atoms with E-state index in [1.165, 1.54) is 0 Å². The lowest BCUT2D eigenvalue weighted by Crippen LogP contribution is -2.10. The molecule has 0 aliphatic heterocycles. The van der Waals surface area contributed by atoms with Gasteiger partial charge in [0.25, 0.3) is 6.43 Å². The molecule has 1 aromatic heterocycles. The fourth-order valence-electron chi connectivity index (χ4n) is 1.01. The molecule has 0 saturated carbocycles. The van der Waals surface area contributed by atoms with Crippen LogP contribution in [0.1, 0.15) is 28.2 Å². The Hall–Kier alpha value is -1.55. The van der Waals surface area contributed by atoms with Crippen molar-refractivity contribution in [2.75, 3.05) is 7.11 Å². The van der Waals surface area contributed by atoms with Crippen LogP contribution in [0.25, 0.3) is 0 Å². The van der Waals surface area contributed by atoms with Gasteiger partial charge in [0.15, 0.2) is 11.4 Å². The van der Waals surface area contributed by atoms with Gasteiger partial charge in [-0.05, 0) is 22.0 Å². The number of nitrogens with zero attached hydrogens (tertiary/aromatic N) is 2. The molecule has 1 aromatic rings. The minimum atomic E-state index is -2.87. The average molecular weight is 291 g/mol. The monoisotopic (exact) mass is 290 g/mol. The lowest BCUT2D eigenvalue weighted by atomic mass is 10.2. The summed E-state index contributed by atoms with van der Waals surface area (Å²) in [6.45, 7) is 0. The molecule has 0 amide bonds. The van der Waals surface area contributed by atoms with Crippen LogP contribution in [0, 0.1) is 11.3 Å². The zero-order valence-corrected chi connectivity index (χ0v) is 9.59. The second-order valence-electron chi connectivity index (χ2n) is 2.66. The lowest BCUT2D eigenvalue weighted by Gasteiger charge is -2.07. The summed E-state index contributed by atoms with van der Waals surface area (Å²) in [5, 5.41) is 8.64. The minimum absolute atomic E-state index is 0.109. The maximum Gasteiger partial charge on any atom is 0.357 e. The molecule has 0 N–H and O–H groups in total. The highest BCUT2D eigenvalue weighted by atomic mass is 79.9. The SMILES string of the molecule is COC(=O)c1nc(C#N)c(Br)cc1C(F)F. The molecule has 84 valence electrons. The van der Waals surface area contributed by atoms with E-state index in [2.05, 4.69) is 25.7 Å². The summed E-state index contributed by atoms with van der Waals surface area (Å²) in [6.07, 6.45) is -2.87. The molecular weight excluding hydrogens is 286 g/mol. The molecule has 0 radical (unpaired) electrons. The van der Waals surface area contributed by atoms with Gasteiger partial charge in [0.05, 0.1) is 17.1 Å². The smallest absolute Gasteiger partial charge is 0.357 e. The summed E-state index contributed by atoms with van der Waals surface area (Å²) >= 11 is 2.91. The van der Waals surface area contributed by atoms with Crippen molar-refractivity contribution < 1.29 is 18.3 Å². The molecule has 0 saturated heterocycles. The number of alkyl halides is 2. The summed E-state index contributed by atoms with van der Waals surface area (Å²) < 4.78 is 29.6. The first kappa shape index (κ1) is 12.5. The van der Waals surface area contributed by atoms with E-state index in [1.807, 2.05) is 0 Å². The van der Waals surface area contributed by atoms with Gasteiger partial charge in [-0.2, -0.15) is 5.26 Å². The van der Waals surface area contributed by atoms with Crippen LogP contribution in [0.2, 0.25) is 0 Å². The van der Waals surface area contributed by atoms with Crippen LogP contribution >= 0.6 is 15.9 Å². The van der Waals surface area contributed by atoms with Gasteiger partial charge >= 0.3 is 5.97 Å². The van der Waals surface area contributed by atoms with Crippen LogP contribution in [0.4, 0.5) is 8.78 Å². The topological polar surface area (TPSA) is 63.0 Å². The van der Waals surface area contributed by atoms with Gasteiger partial charge < -0.3 is 4.74 Å². The zero-order valence-electron chi connectivity index (χ0n) is 8.00. The Bertz CT molecular complexity index is 471. The van der Waals surface area contributed by atoms with E-state index in [-0.39, 0.29) is 10.2 Å². The number of carbonyl (C=O) groups excluding carboxylic acids is 1. The number of rotatable bonds is 2. The first-order valence-corrected chi connectivity index (χ1v) is 4.77. The number of aromatic nitrogens is 1. The van der Waals surface area contributed by atoms with E-state index in [9.17, 15) is 13.6 Å². The normalized spacial score (nSPS) is 10.0. The third-order valence-electron chi connectivity index (χ3n) is 1.73. The number of nitriles is 1. The number of esters is 1. The molecule has 16 heavy (non-hydrogen) atoms. The number of hydrogen-bond donors (Lipinski definition) is 0. The van der Waals surface area contributed by atoms with Crippen molar-refractivity contribution in [3.05, 3.63) is 27.5 Å². The molecule has 0 unspecified atom stereocenters. The molecular formula is C9H5BrF2N2O2. The van der Waals surface area contributed by atoms with Crippen LogP contribution in [-0.2, 0) is 4.74 Å². The highest BCUT2D eigenvalue weighted by Crippen LogP contribution is 2.27. The third-order valence-corrected chi connectivity index (χ3v) is 2.33. The van der Waals surface area contributed by atoms with E-state index < -0.39 is 23.7 Å². The number of ether oxygens (including phenoxy) is 1. The van der Waals surface area contributed by atoms with E-state index in [0.717, 1.165) is 13.2 Å². The summed E-state index contributed by atoms with van der Waals surface area (Å²) in [4.78, 5) is 14.7. The van der Waals surface area contributed by atoms with Crippen LogP contribution < -0.4 is 0 Å². The largest absolute Gasteiger partial charge is 0.464 e. The van der Waals surface area contributed by atoms with Crippen LogP contribution in [0.3, 0.4) is 0 Å². The predicted molar refractivity (Wildman–Crippen MR) is 52.9 cm³/mol. The van der Waals surface area contributed by atoms with Crippen LogP contribution in [0.5, 0.6) is 0 Å². The third kappa shape index (κ3) is 2.33. The second kappa shape index (κ2) is 4.99. The van der Waals surface area contributed by atoms with E-state index in [1.54, 1.807) is 6.07 Å². The van der Waals surface area contributed by atoms with Gasteiger partial charge in [-0.3, -0.25) is 0 Å². The summed E-state index contributed by atoms with van der Waals surface area (Å²) in [5.74, 6) is -1.00. The Morgan fingerprint density at radius 1 is 1.69 bits per heavy atom. The Kier molecular flexibility index (Phi) is 3.90. The Morgan fingerprint density at radius 2 is 2.31 bits per heavy atom. The van der Waals surface area contributed by atoms with Crippen molar-refractivity contribution in [3.8, 4) is 6.07 Å². The van der Waals surface area contributed by atoms with Crippen LogP contribution in [0.15, 0.2) is 10.5 Å². The number of methoxy groups -OCH3 is 1. The standard InChI is InChI=1S/C9H5BrF2N2O2/c1-16-9(15)7-4(8(11)12)2-5(10)6(3-13)14-7/h2,8H,1H3. The van der Waals surface area contributed by atoms with Crippen molar-refractivity contribution >= 4 is 21.9 Å². The van der Waals surface area contributed by atoms with E-state index in [0.29, 0.717) is 0 Å². The number of hydrogen-bond acceptors (Lipinski definition) is 4. The van der Waals surface area contributed by atoms with Gasteiger partial charge in [-0.25, -0.2) is 18.6 Å². The molecule has 1 rings (SSSR count). The van der Waals surface area contributed by atoms with Gasteiger partial charge in [0.2, 0.25) is 0 Å². The molecule has 0 aliphatic carbocycles. The molecule has 0 fully saturated rings. The maximum atomic E-state index is 12.6. The molecule has 7 heteroatoms. The fraction of sp³-hybridized carbons (Fsp3) is 0.222. The fourth-order valence-corrected chi connectivity index (χ4v) is 1.43. The van der Waals surface area contributed by atoms with Gasteiger partial charge in [-0.15, -0.1) is 0 Å². The van der Waals surface area contributed by atoms with Gasteiger partial charge in [-0.1, -0.05) is 0 Å². The van der Waals surface area contributed by atoms with Gasteiger partial charge in [0, 0.05) is 0 Å². The Labute approximate surface area is 98.0 Å². The Morgan fingerprint density at radius 3 is 2.75 bits per heavy atom. The average Bonchev–Trinajstić information content (AvgIpc) is 2.27. The number of halogens is 3. The van der Waals surface area contributed by atoms with Crippen molar-refractivity contribution in [1.29, 1.82) is 5.26 Å². The number of carbonyl (C=O) groups is 1. The molecule has 0 aromatic carbocycles. The molecule has 0 aliphatic rings. The van der Waals surface area contributed by atoms with E-state index >= 15 is 0 Å². The summed E-state index contributed by atoms with van der Waals surface area (Å²) in [6, 6.07) is 2.66. The quantitative estimate of drug-likeness (QED) is 0.785. The van der Waals surface area contributed by atoms with Gasteiger partial charge in [0.1, 0.15) is 6.07 Å². The highest BCUT2D eigenvalue weighted by Gasteiger charge is 2.23. The molecule has 4 nitrogen and oxygen atoms in total. The van der Waals surface area contributed by atoms with E-state index in [4.69, 9.17) is 5.26 Å². The first-order chi connectivity index (χ1) is 7.51. The molecule has 0 bridgehead atoms. The maximum absolute atomic E-state index is 12.6. The summed E-state index contributed by atoms with van der Waals surface area (Å²) in [7, 11) is 1.05. The highest BCUT2D eigenvalue weighted by molar-refractivity contribution is 9.10. The first-order valence-electron chi connectivity index (χ1n) is 3.98. The van der Waals surface area contributed by atoms with Crippen LogP contribution in [-0.4, -0.2) is 18.1 Å². The zero-order chi connectivity index (χ0) is 12.3. The molecule has 0 atom stereocenters. The van der Waals surface area contributed by atoms with Crippen molar-refractivity contribution in [2.45, 2.75) is 6.43 Å². The second-order valence-corrected chi connectivity index (χ2v) is 3.52. The number of pyridine rings is 1.